The first-order valence-corrected chi connectivity index (χ1v) is 10.6. The fourth-order valence-electron chi connectivity index (χ4n) is 3.51. The van der Waals surface area contributed by atoms with Crippen LogP contribution in [0.3, 0.4) is 0 Å². The number of allylic oxidation sites excluding steroid dienone is 2. The summed E-state index contributed by atoms with van der Waals surface area (Å²) in [5, 5.41) is 0. The second-order valence-corrected chi connectivity index (χ2v) is 7.70. The molecule has 31 heavy (non-hydrogen) atoms. The summed E-state index contributed by atoms with van der Waals surface area (Å²) in [7, 11) is 0. The molecule has 1 unspecified atom stereocenters. The summed E-state index contributed by atoms with van der Waals surface area (Å²) < 4.78 is 40.5. The largest absolute Gasteiger partial charge is 0.494 e. The van der Waals surface area contributed by atoms with E-state index < -0.39 is 5.82 Å². The molecular formula is C27H28F2O2. The highest BCUT2D eigenvalue weighted by Gasteiger charge is 2.21. The van der Waals surface area contributed by atoms with Crippen molar-refractivity contribution in [3.05, 3.63) is 102 Å². The zero-order valence-electron chi connectivity index (χ0n) is 18.1. The van der Waals surface area contributed by atoms with Crippen molar-refractivity contribution in [2.24, 2.45) is 5.92 Å². The third-order valence-corrected chi connectivity index (χ3v) is 5.01. The van der Waals surface area contributed by atoms with Crippen LogP contribution in [0.2, 0.25) is 0 Å². The zero-order valence-corrected chi connectivity index (χ0v) is 18.1. The summed E-state index contributed by atoms with van der Waals surface area (Å²) in [4.78, 5) is 0. The number of hydrogen-bond acceptors (Lipinski definition) is 2. The van der Waals surface area contributed by atoms with E-state index in [1.807, 2.05) is 63.2 Å². The highest BCUT2D eigenvalue weighted by atomic mass is 19.1. The SMILES string of the molecule is CCOc1ccc(C(/C(F)=C/Cc2ccc(F)c(Oc3ccccc3)c2)C(C)C)cc1. The zero-order chi connectivity index (χ0) is 22.2. The number of ether oxygens (including phenoxy) is 2. The van der Waals surface area contributed by atoms with Gasteiger partial charge in [-0.2, -0.15) is 0 Å². The molecule has 0 amide bonds. The van der Waals surface area contributed by atoms with Crippen molar-refractivity contribution in [1.29, 1.82) is 0 Å². The van der Waals surface area contributed by atoms with Crippen molar-refractivity contribution in [2.75, 3.05) is 6.61 Å². The maximum Gasteiger partial charge on any atom is 0.165 e. The molecule has 0 aromatic heterocycles. The first kappa shape index (κ1) is 22.5. The van der Waals surface area contributed by atoms with Crippen molar-refractivity contribution in [3.63, 3.8) is 0 Å². The van der Waals surface area contributed by atoms with E-state index in [1.54, 1.807) is 30.3 Å². The second-order valence-electron chi connectivity index (χ2n) is 7.70. The van der Waals surface area contributed by atoms with Gasteiger partial charge in [0.2, 0.25) is 0 Å². The summed E-state index contributed by atoms with van der Waals surface area (Å²) in [6, 6.07) is 21.2. The smallest absolute Gasteiger partial charge is 0.165 e. The molecule has 3 aromatic carbocycles. The molecule has 0 bridgehead atoms. The van der Waals surface area contributed by atoms with Crippen LogP contribution >= 0.6 is 0 Å². The molecule has 0 aliphatic rings. The van der Waals surface area contributed by atoms with E-state index in [0.717, 1.165) is 16.9 Å². The molecule has 0 saturated carbocycles. The lowest BCUT2D eigenvalue weighted by atomic mass is 9.86. The molecule has 4 heteroatoms. The molecule has 162 valence electrons. The van der Waals surface area contributed by atoms with E-state index in [2.05, 4.69) is 0 Å². The Kier molecular flexibility index (Phi) is 7.82. The number of rotatable bonds is 9. The number of para-hydroxylation sites is 1. The lowest BCUT2D eigenvalue weighted by molar-refractivity contribution is 0.340. The Morgan fingerprint density at radius 1 is 0.935 bits per heavy atom. The minimum Gasteiger partial charge on any atom is -0.494 e. The molecule has 0 N–H and O–H groups in total. The van der Waals surface area contributed by atoms with Gasteiger partial charge in [0.05, 0.1) is 6.61 Å². The maximum atomic E-state index is 15.2. The third-order valence-electron chi connectivity index (χ3n) is 5.01. The van der Waals surface area contributed by atoms with Crippen LogP contribution in [0.15, 0.2) is 84.7 Å². The van der Waals surface area contributed by atoms with E-state index in [9.17, 15) is 4.39 Å². The Bertz CT molecular complexity index is 996. The quantitative estimate of drug-likeness (QED) is 0.349. The Morgan fingerprint density at radius 3 is 2.29 bits per heavy atom. The summed E-state index contributed by atoms with van der Waals surface area (Å²) in [6.45, 7) is 6.52. The van der Waals surface area contributed by atoms with Gasteiger partial charge in [-0.05, 0) is 72.9 Å². The Balaban J connectivity index is 1.76. The van der Waals surface area contributed by atoms with Crippen molar-refractivity contribution >= 4 is 0 Å². The lowest BCUT2D eigenvalue weighted by Crippen LogP contribution is -2.08. The fraction of sp³-hybridized carbons (Fsp3) is 0.259. The molecule has 0 heterocycles. The Labute approximate surface area is 183 Å². The highest BCUT2D eigenvalue weighted by molar-refractivity contribution is 5.37. The second kappa shape index (κ2) is 10.8. The maximum absolute atomic E-state index is 15.2. The van der Waals surface area contributed by atoms with Crippen molar-refractivity contribution in [2.45, 2.75) is 33.1 Å². The normalized spacial score (nSPS) is 12.6. The van der Waals surface area contributed by atoms with Gasteiger partial charge in [-0.25, -0.2) is 8.78 Å². The van der Waals surface area contributed by atoms with E-state index in [4.69, 9.17) is 9.47 Å². The standard InChI is InChI=1S/C27H28F2O2/c1-4-30-22-14-12-21(13-15-22)27(19(2)3)25(29)17-11-20-10-16-24(28)26(18-20)31-23-8-6-5-7-9-23/h5-10,12-19,27H,4,11H2,1-3H3/b25-17-. The van der Waals surface area contributed by atoms with Gasteiger partial charge < -0.3 is 9.47 Å². The van der Waals surface area contributed by atoms with Gasteiger partial charge in [-0.15, -0.1) is 0 Å². The highest BCUT2D eigenvalue weighted by Crippen LogP contribution is 2.34. The van der Waals surface area contributed by atoms with Crippen LogP contribution in [0.5, 0.6) is 17.2 Å². The van der Waals surface area contributed by atoms with Gasteiger partial charge in [0.25, 0.3) is 0 Å². The predicted octanol–water partition coefficient (Wildman–Crippen LogP) is 7.85. The van der Waals surface area contributed by atoms with Crippen LogP contribution in [0.25, 0.3) is 0 Å². The van der Waals surface area contributed by atoms with Crippen LogP contribution in [-0.4, -0.2) is 6.61 Å². The monoisotopic (exact) mass is 422 g/mol. The molecule has 3 rings (SSSR count). The fourth-order valence-corrected chi connectivity index (χ4v) is 3.51. The molecule has 0 fully saturated rings. The van der Waals surface area contributed by atoms with Gasteiger partial charge in [-0.3, -0.25) is 0 Å². The van der Waals surface area contributed by atoms with E-state index >= 15 is 4.39 Å². The topological polar surface area (TPSA) is 18.5 Å². The van der Waals surface area contributed by atoms with Gasteiger partial charge in [-0.1, -0.05) is 50.2 Å². The average Bonchev–Trinajstić information content (AvgIpc) is 2.76. The van der Waals surface area contributed by atoms with Gasteiger partial charge in [0, 0.05) is 5.92 Å². The van der Waals surface area contributed by atoms with Crippen LogP contribution in [0.4, 0.5) is 8.78 Å². The van der Waals surface area contributed by atoms with Crippen LogP contribution in [0.1, 0.15) is 37.8 Å². The summed E-state index contributed by atoms with van der Waals surface area (Å²) in [6.07, 6.45) is 1.91. The van der Waals surface area contributed by atoms with Crippen molar-refractivity contribution < 1.29 is 18.3 Å². The summed E-state index contributed by atoms with van der Waals surface area (Å²) >= 11 is 0. The van der Waals surface area contributed by atoms with Gasteiger partial charge >= 0.3 is 0 Å². The molecule has 0 radical (unpaired) electrons. The molecule has 0 saturated heterocycles. The minimum absolute atomic E-state index is 0.0828. The molecule has 2 nitrogen and oxygen atoms in total. The molecule has 0 spiro atoms. The lowest BCUT2D eigenvalue weighted by Gasteiger charge is -2.20. The van der Waals surface area contributed by atoms with Crippen LogP contribution in [0, 0.1) is 11.7 Å². The Hall–Kier alpha value is -3.14. The third kappa shape index (κ3) is 6.17. The summed E-state index contributed by atoms with van der Waals surface area (Å²) in [5.74, 6) is 0.534. The molecule has 3 aromatic rings. The first-order chi connectivity index (χ1) is 15.0. The summed E-state index contributed by atoms with van der Waals surface area (Å²) in [5.41, 5.74) is 1.68. The molecule has 1 atom stereocenters. The number of benzene rings is 3. The van der Waals surface area contributed by atoms with Gasteiger partial charge in [0.15, 0.2) is 11.6 Å². The van der Waals surface area contributed by atoms with Crippen LogP contribution < -0.4 is 9.47 Å². The number of halogens is 2. The molecule has 0 aliphatic heterocycles. The number of hydrogen-bond donors (Lipinski definition) is 0. The average molecular weight is 423 g/mol. The van der Waals surface area contributed by atoms with Crippen molar-refractivity contribution in [3.8, 4) is 17.2 Å². The van der Waals surface area contributed by atoms with Crippen LogP contribution in [-0.2, 0) is 6.42 Å². The first-order valence-electron chi connectivity index (χ1n) is 10.6. The predicted molar refractivity (Wildman–Crippen MR) is 121 cm³/mol. The van der Waals surface area contributed by atoms with E-state index in [0.29, 0.717) is 18.8 Å². The van der Waals surface area contributed by atoms with E-state index in [1.165, 1.54) is 6.07 Å². The molecule has 0 aliphatic carbocycles. The minimum atomic E-state index is -0.452. The van der Waals surface area contributed by atoms with E-state index in [-0.39, 0.29) is 23.4 Å². The molecular weight excluding hydrogens is 394 g/mol. The Morgan fingerprint density at radius 2 is 1.65 bits per heavy atom. The van der Waals surface area contributed by atoms with Crippen molar-refractivity contribution in [1.82, 2.24) is 0 Å². The van der Waals surface area contributed by atoms with Gasteiger partial charge in [0.1, 0.15) is 17.3 Å².